The lowest BCUT2D eigenvalue weighted by molar-refractivity contribution is -0.139. The zero-order valence-electron chi connectivity index (χ0n) is 16.2. The fourth-order valence-electron chi connectivity index (χ4n) is 4.09. The van der Waals surface area contributed by atoms with E-state index >= 15 is 0 Å². The summed E-state index contributed by atoms with van der Waals surface area (Å²) in [5.74, 6) is -1.18. The summed E-state index contributed by atoms with van der Waals surface area (Å²) in [6.07, 6.45) is 1.04. The van der Waals surface area contributed by atoms with E-state index < -0.39 is 23.3 Å². The third kappa shape index (κ3) is 3.26. The van der Waals surface area contributed by atoms with Crippen LogP contribution >= 0.6 is 0 Å². The van der Waals surface area contributed by atoms with Crippen LogP contribution in [-0.2, 0) is 28.1 Å². The molecule has 0 spiro atoms. The summed E-state index contributed by atoms with van der Waals surface area (Å²) < 4.78 is 13.3. The number of rotatable bonds is 4. The van der Waals surface area contributed by atoms with Gasteiger partial charge in [-0.25, -0.2) is 9.18 Å². The number of halogens is 1. The average Bonchev–Trinajstić information content (AvgIpc) is 2.99. The summed E-state index contributed by atoms with van der Waals surface area (Å²) in [5, 5.41) is 2.72. The molecule has 0 unspecified atom stereocenters. The van der Waals surface area contributed by atoms with E-state index in [1.54, 1.807) is 11.8 Å². The van der Waals surface area contributed by atoms with Crippen LogP contribution in [0.25, 0.3) is 0 Å². The molecule has 0 aliphatic carbocycles. The Morgan fingerprint density at radius 3 is 2.48 bits per heavy atom. The number of fused-ring (bicyclic) bond motifs is 1. The minimum atomic E-state index is -1.28. The number of carbonyl (C=O) groups is 3. The largest absolute Gasteiger partial charge is 0.336 e. The third-order valence-electron chi connectivity index (χ3n) is 5.82. The Bertz CT molecular complexity index is 976. The molecular formula is C22H22FN3O3. The number of nitrogens with zero attached hydrogens (tertiary/aromatic N) is 2. The van der Waals surface area contributed by atoms with Crippen molar-refractivity contribution >= 4 is 17.8 Å². The van der Waals surface area contributed by atoms with Crippen LogP contribution in [0.5, 0.6) is 0 Å². The van der Waals surface area contributed by atoms with Crippen molar-refractivity contribution in [3.8, 4) is 0 Å². The fourth-order valence-corrected chi connectivity index (χ4v) is 4.09. The maximum absolute atomic E-state index is 13.3. The molecule has 2 aromatic rings. The fraction of sp³-hybridized carbons (Fsp3) is 0.318. The van der Waals surface area contributed by atoms with Crippen molar-refractivity contribution in [3.63, 3.8) is 0 Å². The van der Waals surface area contributed by atoms with E-state index in [1.165, 1.54) is 29.8 Å². The van der Waals surface area contributed by atoms with Gasteiger partial charge in [-0.3, -0.25) is 14.5 Å². The number of carbonyl (C=O) groups excluding carboxylic acids is 3. The second-order valence-electron chi connectivity index (χ2n) is 7.42. The first-order chi connectivity index (χ1) is 13.9. The van der Waals surface area contributed by atoms with Crippen molar-refractivity contribution in [1.29, 1.82) is 0 Å². The van der Waals surface area contributed by atoms with Crippen LogP contribution in [-0.4, -0.2) is 40.7 Å². The molecule has 2 aliphatic heterocycles. The molecule has 29 heavy (non-hydrogen) atoms. The van der Waals surface area contributed by atoms with Gasteiger partial charge < -0.3 is 10.2 Å². The third-order valence-corrected chi connectivity index (χ3v) is 5.82. The highest BCUT2D eigenvalue weighted by Crippen LogP contribution is 2.32. The van der Waals surface area contributed by atoms with Gasteiger partial charge in [0, 0.05) is 13.1 Å². The molecule has 1 saturated heterocycles. The zero-order chi connectivity index (χ0) is 20.6. The summed E-state index contributed by atoms with van der Waals surface area (Å²) in [7, 11) is 0. The molecular weight excluding hydrogens is 373 g/mol. The van der Waals surface area contributed by atoms with E-state index in [2.05, 4.69) is 5.32 Å². The Kier molecular flexibility index (Phi) is 4.82. The van der Waals surface area contributed by atoms with Gasteiger partial charge in [0.25, 0.3) is 5.91 Å². The molecule has 1 N–H and O–H groups in total. The maximum atomic E-state index is 13.3. The molecule has 0 saturated carbocycles. The van der Waals surface area contributed by atoms with E-state index in [0.717, 1.165) is 16.9 Å². The highest BCUT2D eigenvalue weighted by atomic mass is 19.1. The zero-order valence-corrected chi connectivity index (χ0v) is 16.2. The normalized spacial score (nSPS) is 21.2. The second-order valence-corrected chi connectivity index (χ2v) is 7.42. The van der Waals surface area contributed by atoms with Gasteiger partial charge in [0.2, 0.25) is 5.91 Å². The smallest absolute Gasteiger partial charge is 0.325 e. The number of urea groups is 1. The first-order valence-corrected chi connectivity index (χ1v) is 9.69. The van der Waals surface area contributed by atoms with Gasteiger partial charge in [0.1, 0.15) is 17.9 Å². The summed E-state index contributed by atoms with van der Waals surface area (Å²) >= 11 is 0. The minimum Gasteiger partial charge on any atom is -0.336 e. The van der Waals surface area contributed by atoms with Crippen LogP contribution in [0.3, 0.4) is 0 Å². The predicted octanol–water partition coefficient (Wildman–Crippen LogP) is 2.57. The van der Waals surface area contributed by atoms with Crippen molar-refractivity contribution in [3.05, 3.63) is 71.0 Å². The van der Waals surface area contributed by atoms with Crippen molar-refractivity contribution in [1.82, 2.24) is 15.1 Å². The SMILES string of the molecule is CC[C@]1(c2ccc(F)cc2)NC(=O)N(CC(=O)N2CCc3ccccc3C2)C1=O. The predicted molar refractivity (Wildman–Crippen MR) is 104 cm³/mol. The molecule has 2 heterocycles. The molecule has 1 atom stereocenters. The van der Waals surface area contributed by atoms with Crippen molar-refractivity contribution in [2.24, 2.45) is 0 Å². The number of hydrogen-bond donors (Lipinski definition) is 1. The Labute approximate surface area is 168 Å². The Morgan fingerprint density at radius 1 is 1.10 bits per heavy atom. The van der Waals surface area contributed by atoms with Gasteiger partial charge in [0.15, 0.2) is 0 Å². The summed E-state index contributed by atoms with van der Waals surface area (Å²) in [5.41, 5.74) is 1.52. The van der Waals surface area contributed by atoms with Crippen molar-refractivity contribution in [2.75, 3.05) is 13.1 Å². The molecule has 2 aliphatic rings. The van der Waals surface area contributed by atoms with Gasteiger partial charge >= 0.3 is 6.03 Å². The van der Waals surface area contributed by atoms with E-state index in [9.17, 15) is 18.8 Å². The van der Waals surface area contributed by atoms with E-state index in [0.29, 0.717) is 25.1 Å². The molecule has 0 bridgehead atoms. The Hall–Kier alpha value is -3.22. The quantitative estimate of drug-likeness (QED) is 0.809. The molecule has 4 rings (SSSR count). The number of amides is 4. The molecule has 2 aromatic carbocycles. The van der Waals surface area contributed by atoms with Crippen LogP contribution in [0.1, 0.15) is 30.0 Å². The van der Waals surface area contributed by atoms with Gasteiger partial charge in [-0.05, 0) is 41.7 Å². The van der Waals surface area contributed by atoms with Crippen molar-refractivity contribution in [2.45, 2.75) is 31.8 Å². The summed E-state index contributed by atoms with van der Waals surface area (Å²) in [6, 6.07) is 12.8. The lowest BCUT2D eigenvalue weighted by atomic mass is 9.87. The van der Waals surface area contributed by atoms with Crippen LogP contribution in [0.4, 0.5) is 9.18 Å². The van der Waals surface area contributed by atoms with E-state index in [4.69, 9.17) is 0 Å². The Balaban J connectivity index is 1.52. The molecule has 1 fully saturated rings. The molecule has 0 radical (unpaired) electrons. The highest BCUT2D eigenvalue weighted by molar-refractivity contribution is 6.09. The summed E-state index contributed by atoms with van der Waals surface area (Å²) in [4.78, 5) is 41.2. The lowest BCUT2D eigenvalue weighted by Crippen LogP contribution is -2.46. The second kappa shape index (κ2) is 7.31. The highest BCUT2D eigenvalue weighted by Gasteiger charge is 2.51. The molecule has 7 heteroatoms. The lowest BCUT2D eigenvalue weighted by Gasteiger charge is -2.30. The van der Waals surface area contributed by atoms with Gasteiger partial charge in [-0.1, -0.05) is 43.3 Å². The number of benzene rings is 2. The van der Waals surface area contributed by atoms with Gasteiger partial charge in [-0.2, -0.15) is 0 Å². The summed E-state index contributed by atoms with van der Waals surface area (Å²) in [6.45, 7) is 2.48. The van der Waals surface area contributed by atoms with Crippen LogP contribution < -0.4 is 5.32 Å². The van der Waals surface area contributed by atoms with Crippen LogP contribution in [0, 0.1) is 5.82 Å². The first-order valence-electron chi connectivity index (χ1n) is 9.69. The number of nitrogens with one attached hydrogen (secondary N) is 1. The van der Waals surface area contributed by atoms with E-state index in [-0.39, 0.29) is 12.5 Å². The maximum Gasteiger partial charge on any atom is 0.325 e. The van der Waals surface area contributed by atoms with Crippen LogP contribution in [0.2, 0.25) is 0 Å². The van der Waals surface area contributed by atoms with Gasteiger partial charge in [0.05, 0.1) is 0 Å². The minimum absolute atomic E-state index is 0.269. The number of hydrogen-bond acceptors (Lipinski definition) is 3. The monoisotopic (exact) mass is 395 g/mol. The van der Waals surface area contributed by atoms with E-state index in [1.807, 2.05) is 24.3 Å². The Morgan fingerprint density at radius 2 is 1.79 bits per heavy atom. The first kappa shape index (κ1) is 19.1. The van der Waals surface area contributed by atoms with Crippen LogP contribution in [0.15, 0.2) is 48.5 Å². The molecule has 4 amide bonds. The standard InChI is InChI=1S/C22H22FN3O3/c1-2-22(17-7-9-18(23)10-8-17)20(28)26(21(29)24-22)14-19(27)25-12-11-15-5-3-4-6-16(15)13-25/h3-10H,2,11-14H2,1H3,(H,24,29)/t22-/m1/s1. The van der Waals surface area contributed by atoms with Gasteiger partial charge in [-0.15, -0.1) is 0 Å². The average molecular weight is 395 g/mol. The van der Waals surface area contributed by atoms with Crippen molar-refractivity contribution < 1.29 is 18.8 Å². The topological polar surface area (TPSA) is 69.7 Å². The molecule has 6 nitrogen and oxygen atoms in total. The number of imide groups is 1. The molecule has 0 aromatic heterocycles. The molecule has 150 valence electrons.